The maximum atomic E-state index is 10.8. The van der Waals surface area contributed by atoms with E-state index in [4.69, 9.17) is 0 Å². The molecule has 2 aromatic rings. The minimum absolute atomic E-state index is 0.112. The first-order valence-electron chi connectivity index (χ1n) is 4.93. The van der Waals surface area contributed by atoms with Gasteiger partial charge in [-0.25, -0.2) is 0 Å². The van der Waals surface area contributed by atoms with E-state index < -0.39 is 9.85 Å². The summed E-state index contributed by atoms with van der Waals surface area (Å²) >= 11 is 0. The minimum atomic E-state index is -0.568. The zero-order chi connectivity index (χ0) is 13.1. The van der Waals surface area contributed by atoms with Crippen LogP contribution in [0.2, 0.25) is 0 Å². The van der Waals surface area contributed by atoms with E-state index in [1.807, 2.05) is 0 Å². The van der Waals surface area contributed by atoms with E-state index in [9.17, 15) is 20.2 Å². The lowest BCUT2D eigenvalue weighted by Crippen LogP contribution is -1.94. The summed E-state index contributed by atoms with van der Waals surface area (Å²) in [4.78, 5) is 24.1. The van der Waals surface area contributed by atoms with Gasteiger partial charge in [0, 0.05) is 18.3 Å². The molecule has 90 valence electrons. The van der Waals surface area contributed by atoms with Crippen molar-refractivity contribution in [3.05, 3.63) is 63.0 Å². The second-order valence-corrected chi connectivity index (χ2v) is 3.46. The van der Waals surface area contributed by atoms with Crippen LogP contribution in [-0.2, 0) is 0 Å². The van der Waals surface area contributed by atoms with Crippen LogP contribution in [0.1, 0.15) is 0 Å². The molecule has 0 amide bonds. The number of nitro groups is 2. The molecular formula is C11H7N3O4. The van der Waals surface area contributed by atoms with Crippen LogP contribution >= 0.6 is 0 Å². The standard InChI is InChI=1S/C11H7N3O4/c15-13(16)9-3-1-2-8(6-9)10-4-5-12-7-11(10)14(17)18/h1-7H. The molecule has 0 aliphatic heterocycles. The molecule has 0 fully saturated rings. The van der Waals surface area contributed by atoms with Crippen molar-refractivity contribution in [3.8, 4) is 11.1 Å². The summed E-state index contributed by atoms with van der Waals surface area (Å²) in [5, 5.41) is 21.5. The van der Waals surface area contributed by atoms with E-state index in [1.165, 1.54) is 30.5 Å². The molecule has 0 aliphatic carbocycles. The zero-order valence-electron chi connectivity index (χ0n) is 9.02. The van der Waals surface area contributed by atoms with Crippen LogP contribution < -0.4 is 0 Å². The van der Waals surface area contributed by atoms with Crippen molar-refractivity contribution in [2.45, 2.75) is 0 Å². The number of hydrogen-bond acceptors (Lipinski definition) is 5. The molecular weight excluding hydrogens is 238 g/mol. The maximum absolute atomic E-state index is 10.8. The van der Waals surface area contributed by atoms with Gasteiger partial charge in [-0.3, -0.25) is 25.2 Å². The Morgan fingerprint density at radius 3 is 2.50 bits per heavy atom. The Hall–Kier alpha value is -2.83. The first-order chi connectivity index (χ1) is 8.59. The van der Waals surface area contributed by atoms with E-state index in [2.05, 4.69) is 4.98 Å². The number of benzene rings is 1. The van der Waals surface area contributed by atoms with Gasteiger partial charge >= 0.3 is 0 Å². The van der Waals surface area contributed by atoms with Crippen molar-refractivity contribution in [1.29, 1.82) is 0 Å². The van der Waals surface area contributed by atoms with Gasteiger partial charge in [0.1, 0.15) is 6.20 Å². The molecule has 0 spiro atoms. The Morgan fingerprint density at radius 2 is 1.83 bits per heavy atom. The molecule has 0 aliphatic rings. The summed E-state index contributed by atoms with van der Waals surface area (Å²) in [6.45, 7) is 0. The summed E-state index contributed by atoms with van der Waals surface area (Å²) in [5.41, 5.74) is 0.425. The Labute approximate surface area is 101 Å². The van der Waals surface area contributed by atoms with E-state index in [1.54, 1.807) is 6.07 Å². The smallest absolute Gasteiger partial charge is 0.258 e. The number of hydrogen-bond donors (Lipinski definition) is 0. The Morgan fingerprint density at radius 1 is 1.06 bits per heavy atom. The van der Waals surface area contributed by atoms with E-state index in [0.29, 0.717) is 11.1 Å². The number of rotatable bonds is 3. The highest BCUT2D eigenvalue weighted by molar-refractivity contribution is 5.74. The number of aromatic nitrogens is 1. The lowest BCUT2D eigenvalue weighted by molar-refractivity contribution is -0.385. The molecule has 0 bridgehead atoms. The fourth-order valence-electron chi connectivity index (χ4n) is 1.56. The Balaban J connectivity index is 2.58. The first kappa shape index (κ1) is 11.6. The lowest BCUT2D eigenvalue weighted by atomic mass is 10.1. The average molecular weight is 245 g/mol. The molecule has 0 saturated heterocycles. The van der Waals surface area contributed by atoms with Gasteiger partial charge < -0.3 is 0 Å². The van der Waals surface area contributed by atoms with E-state index in [-0.39, 0.29) is 11.4 Å². The first-order valence-corrected chi connectivity index (χ1v) is 4.93. The fraction of sp³-hybridized carbons (Fsp3) is 0. The lowest BCUT2D eigenvalue weighted by Gasteiger charge is -2.02. The number of nitro benzene ring substituents is 1. The third-order valence-electron chi connectivity index (χ3n) is 2.36. The fourth-order valence-corrected chi connectivity index (χ4v) is 1.56. The van der Waals surface area contributed by atoms with Crippen LogP contribution in [0.4, 0.5) is 11.4 Å². The van der Waals surface area contributed by atoms with Crippen molar-refractivity contribution in [3.63, 3.8) is 0 Å². The largest absolute Gasteiger partial charge is 0.295 e. The van der Waals surface area contributed by atoms with Crippen molar-refractivity contribution in [1.82, 2.24) is 4.98 Å². The van der Waals surface area contributed by atoms with Crippen molar-refractivity contribution < 1.29 is 9.85 Å². The third-order valence-corrected chi connectivity index (χ3v) is 2.36. The summed E-state index contributed by atoms with van der Waals surface area (Å²) in [6.07, 6.45) is 2.52. The van der Waals surface area contributed by atoms with Gasteiger partial charge in [0.15, 0.2) is 0 Å². The SMILES string of the molecule is O=[N+]([O-])c1cccc(-c2ccncc2[N+](=O)[O-])c1. The van der Waals surface area contributed by atoms with Gasteiger partial charge in [-0.2, -0.15) is 0 Å². The summed E-state index contributed by atoms with van der Waals surface area (Å²) in [7, 11) is 0. The highest BCUT2D eigenvalue weighted by Crippen LogP contribution is 2.30. The third kappa shape index (κ3) is 2.14. The molecule has 2 rings (SSSR count). The van der Waals surface area contributed by atoms with Crippen molar-refractivity contribution in [2.24, 2.45) is 0 Å². The van der Waals surface area contributed by atoms with Crippen LogP contribution in [0.25, 0.3) is 11.1 Å². The van der Waals surface area contributed by atoms with Gasteiger partial charge in [0.2, 0.25) is 0 Å². The molecule has 1 aromatic carbocycles. The number of pyridine rings is 1. The van der Waals surface area contributed by atoms with Crippen LogP contribution in [0.5, 0.6) is 0 Å². The molecule has 7 heteroatoms. The molecule has 1 aromatic heterocycles. The molecule has 0 unspecified atom stereocenters. The summed E-state index contributed by atoms with van der Waals surface area (Å²) < 4.78 is 0. The van der Waals surface area contributed by atoms with Crippen LogP contribution in [-0.4, -0.2) is 14.8 Å². The molecule has 7 nitrogen and oxygen atoms in total. The molecule has 0 atom stereocenters. The predicted octanol–water partition coefficient (Wildman–Crippen LogP) is 2.57. The highest BCUT2D eigenvalue weighted by Gasteiger charge is 2.16. The van der Waals surface area contributed by atoms with Gasteiger partial charge in [0.25, 0.3) is 11.4 Å². The van der Waals surface area contributed by atoms with Crippen molar-refractivity contribution >= 4 is 11.4 Å². The number of nitrogens with zero attached hydrogens (tertiary/aromatic N) is 3. The zero-order valence-corrected chi connectivity index (χ0v) is 9.02. The quantitative estimate of drug-likeness (QED) is 0.611. The monoisotopic (exact) mass is 245 g/mol. The van der Waals surface area contributed by atoms with Crippen molar-refractivity contribution in [2.75, 3.05) is 0 Å². The number of non-ortho nitro benzene ring substituents is 1. The van der Waals surface area contributed by atoms with Crippen LogP contribution in [0.3, 0.4) is 0 Å². The molecule has 0 N–H and O–H groups in total. The molecule has 0 radical (unpaired) electrons. The summed E-state index contributed by atoms with van der Waals surface area (Å²) in [5.74, 6) is 0. The van der Waals surface area contributed by atoms with Gasteiger partial charge in [-0.05, 0) is 11.6 Å². The van der Waals surface area contributed by atoms with Crippen LogP contribution in [0, 0.1) is 20.2 Å². The minimum Gasteiger partial charge on any atom is -0.258 e. The average Bonchev–Trinajstić information content (AvgIpc) is 2.39. The van der Waals surface area contributed by atoms with Gasteiger partial charge in [-0.1, -0.05) is 12.1 Å². The molecule has 0 saturated carbocycles. The highest BCUT2D eigenvalue weighted by atomic mass is 16.6. The Kier molecular flexibility index (Phi) is 2.96. The van der Waals surface area contributed by atoms with Crippen LogP contribution in [0.15, 0.2) is 42.7 Å². The second-order valence-electron chi connectivity index (χ2n) is 3.46. The van der Waals surface area contributed by atoms with E-state index in [0.717, 1.165) is 6.20 Å². The maximum Gasteiger partial charge on any atom is 0.295 e. The summed E-state index contributed by atoms with van der Waals surface area (Å²) in [6, 6.07) is 7.14. The van der Waals surface area contributed by atoms with Gasteiger partial charge in [-0.15, -0.1) is 0 Å². The normalized spacial score (nSPS) is 10.0. The van der Waals surface area contributed by atoms with E-state index >= 15 is 0 Å². The topological polar surface area (TPSA) is 99.2 Å². The predicted molar refractivity (Wildman–Crippen MR) is 63.0 cm³/mol. The molecule has 18 heavy (non-hydrogen) atoms. The Bertz CT molecular complexity index is 627. The second kappa shape index (κ2) is 4.58. The molecule has 1 heterocycles. The van der Waals surface area contributed by atoms with Gasteiger partial charge in [0.05, 0.1) is 15.4 Å².